The Kier molecular flexibility index (Phi) is 9.25. The molecule has 2 aromatic rings. The van der Waals surface area contributed by atoms with Gasteiger partial charge in [0.05, 0.1) is 17.4 Å². The van der Waals surface area contributed by atoms with Crippen LogP contribution < -0.4 is 10.6 Å². The van der Waals surface area contributed by atoms with Crippen molar-refractivity contribution in [2.75, 3.05) is 50.5 Å². The van der Waals surface area contributed by atoms with Crippen LogP contribution in [-0.2, 0) is 6.54 Å². The summed E-state index contributed by atoms with van der Waals surface area (Å²) in [5.74, 6) is 1.35. The number of rotatable bonds is 10. The lowest BCUT2D eigenvalue weighted by Gasteiger charge is -2.32. The second-order valence-electron chi connectivity index (χ2n) is 10.1. The fraction of sp³-hybridized carbons (Fsp3) is 0.654. The Morgan fingerprint density at radius 3 is 2.51 bits per heavy atom. The maximum atomic E-state index is 9.90. The standard InChI is InChI=1S/C26H41N7O2/c1-19(4-3-15-34)29-26-28-17-23(25(31-26)30-21-6-8-22(35)9-7-21)24-10-5-20(16-27-24)18-33-13-11-32(2)12-14-33/h5,10,16-17,19,21-22,34-35H,3-4,6-9,11-15,18H2,1-2H3,(H2,28,29,30,31). The maximum Gasteiger partial charge on any atom is 0.224 e. The molecule has 0 aromatic carbocycles. The summed E-state index contributed by atoms with van der Waals surface area (Å²) in [6, 6.07) is 4.65. The number of aliphatic hydroxyl groups is 2. The number of piperazine rings is 1. The van der Waals surface area contributed by atoms with Crippen molar-refractivity contribution in [3.63, 3.8) is 0 Å². The monoisotopic (exact) mass is 483 g/mol. The molecule has 2 fully saturated rings. The third kappa shape index (κ3) is 7.57. The number of pyridine rings is 1. The highest BCUT2D eigenvalue weighted by Gasteiger charge is 2.22. The topological polar surface area (TPSA) is 110 Å². The maximum absolute atomic E-state index is 9.90. The molecule has 192 valence electrons. The van der Waals surface area contributed by atoms with Crippen LogP contribution in [0.15, 0.2) is 24.5 Å². The lowest BCUT2D eigenvalue weighted by molar-refractivity contribution is 0.126. The molecule has 2 aliphatic rings. The van der Waals surface area contributed by atoms with E-state index in [1.54, 1.807) is 0 Å². The fourth-order valence-corrected chi connectivity index (χ4v) is 4.79. The summed E-state index contributed by atoms with van der Waals surface area (Å²) in [6.45, 7) is 7.56. The molecule has 4 N–H and O–H groups in total. The Morgan fingerprint density at radius 2 is 1.83 bits per heavy atom. The number of nitrogens with one attached hydrogen (secondary N) is 2. The summed E-state index contributed by atoms with van der Waals surface area (Å²) in [5.41, 5.74) is 2.95. The van der Waals surface area contributed by atoms with Crippen LogP contribution in [-0.4, -0.2) is 93.0 Å². The zero-order valence-corrected chi connectivity index (χ0v) is 21.2. The van der Waals surface area contributed by atoms with Crippen molar-refractivity contribution < 1.29 is 10.2 Å². The van der Waals surface area contributed by atoms with Gasteiger partial charge >= 0.3 is 0 Å². The number of anilines is 2. The first-order chi connectivity index (χ1) is 17.0. The summed E-state index contributed by atoms with van der Waals surface area (Å²) in [7, 11) is 2.17. The van der Waals surface area contributed by atoms with Crippen molar-refractivity contribution in [1.29, 1.82) is 0 Å². The summed E-state index contributed by atoms with van der Waals surface area (Å²) in [6.07, 6.45) is 8.65. The molecule has 3 heterocycles. The first kappa shape index (κ1) is 25.8. The summed E-state index contributed by atoms with van der Waals surface area (Å²) in [5, 5.41) is 26.0. The van der Waals surface area contributed by atoms with E-state index in [2.05, 4.69) is 51.5 Å². The lowest BCUT2D eigenvalue weighted by atomic mass is 9.93. The number of hydrogen-bond acceptors (Lipinski definition) is 9. The van der Waals surface area contributed by atoms with E-state index in [-0.39, 0.29) is 24.8 Å². The molecule has 0 spiro atoms. The Hall–Kier alpha value is -2.33. The van der Waals surface area contributed by atoms with Crippen molar-refractivity contribution in [3.8, 4) is 11.3 Å². The van der Waals surface area contributed by atoms with E-state index in [0.717, 1.165) is 88.3 Å². The Morgan fingerprint density at radius 1 is 1.06 bits per heavy atom. The highest BCUT2D eigenvalue weighted by atomic mass is 16.3. The van der Waals surface area contributed by atoms with Crippen LogP contribution in [0.4, 0.5) is 11.8 Å². The minimum Gasteiger partial charge on any atom is -0.396 e. The van der Waals surface area contributed by atoms with E-state index < -0.39 is 0 Å². The predicted octanol–water partition coefficient (Wildman–Crippen LogP) is 2.57. The molecule has 4 rings (SSSR count). The minimum absolute atomic E-state index is 0.165. The van der Waals surface area contributed by atoms with Crippen LogP contribution in [0, 0.1) is 0 Å². The van der Waals surface area contributed by atoms with Gasteiger partial charge < -0.3 is 25.7 Å². The number of aliphatic hydroxyl groups excluding tert-OH is 2. The molecule has 1 aliphatic carbocycles. The number of nitrogens with zero attached hydrogens (tertiary/aromatic N) is 5. The second-order valence-corrected chi connectivity index (χ2v) is 10.1. The van der Waals surface area contributed by atoms with Gasteiger partial charge in [-0.25, -0.2) is 4.98 Å². The zero-order valence-electron chi connectivity index (χ0n) is 21.2. The largest absolute Gasteiger partial charge is 0.396 e. The van der Waals surface area contributed by atoms with Crippen LogP contribution in [0.3, 0.4) is 0 Å². The first-order valence-electron chi connectivity index (χ1n) is 13.1. The van der Waals surface area contributed by atoms with Gasteiger partial charge in [-0.1, -0.05) is 6.07 Å². The van der Waals surface area contributed by atoms with Gasteiger partial charge in [-0.2, -0.15) is 4.98 Å². The van der Waals surface area contributed by atoms with Gasteiger partial charge in [0.15, 0.2) is 0 Å². The van der Waals surface area contributed by atoms with Crippen LogP contribution in [0.25, 0.3) is 11.3 Å². The van der Waals surface area contributed by atoms with E-state index in [4.69, 9.17) is 15.1 Å². The fourth-order valence-electron chi connectivity index (χ4n) is 4.79. The molecular formula is C26H41N7O2. The van der Waals surface area contributed by atoms with Gasteiger partial charge in [0.2, 0.25) is 5.95 Å². The molecule has 1 unspecified atom stereocenters. The molecule has 35 heavy (non-hydrogen) atoms. The first-order valence-corrected chi connectivity index (χ1v) is 13.1. The van der Waals surface area contributed by atoms with E-state index >= 15 is 0 Å². The zero-order chi connectivity index (χ0) is 24.6. The molecule has 1 saturated carbocycles. The molecule has 9 nitrogen and oxygen atoms in total. The van der Waals surface area contributed by atoms with Gasteiger partial charge in [0.25, 0.3) is 0 Å². The average Bonchev–Trinajstić information content (AvgIpc) is 2.86. The Bertz CT molecular complexity index is 910. The molecule has 1 saturated heterocycles. The molecule has 9 heteroatoms. The average molecular weight is 484 g/mol. The van der Waals surface area contributed by atoms with E-state index in [0.29, 0.717) is 5.95 Å². The van der Waals surface area contributed by atoms with E-state index in [1.165, 1.54) is 5.56 Å². The highest BCUT2D eigenvalue weighted by Crippen LogP contribution is 2.29. The summed E-state index contributed by atoms with van der Waals surface area (Å²) < 4.78 is 0. The molecule has 0 amide bonds. The van der Waals surface area contributed by atoms with E-state index in [1.807, 2.05) is 12.4 Å². The highest BCUT2D eigenvalue weighted by molar-refractivity contribution is 5.73. The normalized spacial score (nSPS) is 22.6. The molecule has 0 radical (unpaired) electrons. The summed E-state index contributed by atoms with van der Waals surface area (Å²) in [4.78, 5) is 19.0. The molecule has 0 bridgehead atoms. The number of likely N-dealkylation sites (N-methyl/N-ethyl adjacent to an activating group) is 1. The summed E-state index contributed by atoms with van der Waals surface area (Å²) >= 11 is 0. The van der Waals surface area contributed by atoms with Gasteiger partial charge in [-0.05, 0) is 64.1 Å². The smallest absolute Gasteiger partial charge is 0.224 e. The number of aromatic nitrogens is 3. The van der Waals surface area contributed by atoms with E-state index in [9.17, 15) is 5.11 Å². The van der Waals surface area contributed by atoms with Gasteiger partial charge in [0, 0.05) is 63.8 Å². The van der Waals surface area contributed by atoms with Crippen LogP contribution in [0.1, 0.15) is 51.0 Å². The van der Waals surface area contributed by atoms with Gasteiger partial charge in [0.1, 0.15) is 5.82 Å². The lowest BCUT2D eigenvalue weighted by Crippen LogP contribution is -2.43. The third-order valence-electron chi connectivity index (χ3n) is 7.10. The molecule has 1 aliphatic heterocycles. The molecular weight excluding hydrogens is 442 g/mol. The van der Waals surface area contributed by atoms with Crippen LogP contribution >= 0.6 is 0 Å². The Balaban J connectivity index is 1.49. The predicted molar refractivity (Wildman–Crippen MR) is 139 cm³/mol. The number of hydrogen-bond donors (Lipinski definition) is 4. The van der Waals surface area contributed by atoms with Crippen LogP contribution in [0.2, 0.25) is 0 Å². The quantitative estimate of drug-likeness (QED) is 0.405. The Labute approximate surface area is 209 Å². The van der Waals surface area contributed by atoms with Gasteiger partial charge in [-0.15, -0.1) is 0 Å². The third-order valence-corrected chi connectivity index (χ3v) is 7.10. The van der Waals surface area contributed by atoms with Crippen LogP contribution in [0.5, 0.6) is 0 Å². The van der Waals surface area contributed by atoms with Crippen molar-refractivity contribution in [2.45, 2.75) is 70.2 Å². The molecule has 1 atom stereocenters. The SMILES string of the molecule is CC(CCCO)Nc1ncc(-c2ccc(CN3CCN(C)CC3)cn2)c(NC2CCC(O)CC2)n1. The van der Waals surface area contributed by atoms with Crippen molar-refractivity contribution in [3.05, 3.63) is 30.1 Å². The van der Waals surface area contributed by atoms with Gasteiger partial charge in [-0.3, -0.25) is 9.88 Å². The van der Waals surface area contributed by atoms with Crippen molar-refractivity contribution in [2.24, 2.45) is 0 Å². The van der Waals surface area contributed by atoms with Crippen molar-refractivity contribution >= 4 is 11.8 Å². The molecule has 2 aromatic heterocycles. The minimum atomic E-state index is -0.197. The second kappa shape index (κ2) is 12.6. The van der Waals surface area contributed by atoms with Crippen molar-refractivity contribution in [1.82, 2.24) is 24.8 Å².